The molecule has 1 unspecified atom stereocenters. The number of carbonyl (C=O) groups is 1. The normalized spacial score (nSPS) is 13.0. The molecule has 0 aliphatic heterocycles. The first-order chi connectivity index (χ1) is 21.2. The molecule has 8 nitrogen and oxygen atoms in total. The lowest BCUT2D eigenvalue weighted by Crippen LogP contribution is -2.09. The molecule has 234 valence electrons. The summed E-state index contributed by atoms with van der Waals surface area (Å²) in [5.41, 5.74) is 2.16. The van der Waals surface area contributed by atoms with Gasteiger partial charge in [-0.05, 0) is 60.9 Å². The highest BCUT2D eigenvalue weighted by molar-refractivity contribution is 6.37. The van der Waals surface area contributed by atoms with Gasteiger partial charge in [0, 0.05) is 11.1 Å². The molecule has 0 fully saturated rings. The number of hydrogen-bond donors (Lipinski definition) is 0. The molecule has 0 aromatic heterocycles. The second kappa shape index (κ2) is 16.7. The van der Waals surface area contributed by atoms with Crippen molar-refractivity contribution in [3.63, 3.8) is 0 Å². The highest BCUT2D eigenvalue weighted by Gasteiger charge is 2.30. The largest absolute Gasteiger partial charge is 0.503 e. The van der Waals surface area contributed by atoms with Crippen molar-refractivity contribution in [1.82, 2.24) is 0 Å². The molecule has 3 aromatic rings. The van der Waals surface area contributed by atoms with Crippen molar-refractivity contribution in [1.29, 1.82) is 0 Å². The maximum atomic E-state index is 13.0. The lowest BCUT2D eigenvalue weighted by Gasteiger charge is -2.16. The highest BCUT2D eigenvalue weighted by Crippen LogP contribution is 2.30. The third-order valence-electron chi connectivity index (χ3n) is 6.29. The molecule has 3 rings (SSSR count). The number of hydrogen-bond acceptors (Lipinski definition) is 8. The van der Waals surface area contributed by atoms with Crippen molar-refractivity contribution in [2.75, 3.05) is 20.8 Å². The fraction of sp³-hybridized carbons (Fsp3) is 0.303. The maximum Gasteiger partial charge on any atom is 0.416 e. The second-order valence-corrected chi connectivity index (χ2v) is 9.50. The van der Waals surface area contributed by atoms with Crippen molar-refractivity contribution in [2.45, 2.75) is 45.6 Å². The third kappa shape index (κ3) is 9.89. The maximum absolute atomic E-state index is 13.0. The van der Waals surface area contributed by atoms with E-state index in [1.54, 1.807) is 49.4 Å². The van der Waals surface area contributed by atoms with Gasteiger partial charge in [-0.2, -0.15) is 13.2 Å². The van der Waals surface area contributed by atoms with Crippen LogP contribution in [0.1, 0.15) is 60.6 Å². The molecule has 0 radical (unpaired) electrons. The summed E-state index contributed by atoms with van der Waals surface area (Å²) in [6.45, 7) is 4.20. The van der Waals surface area contributed by atoms with Gasteiger partial charge in [0.15, 0.2) is 0 Å². The Hall–Kier alpha value is -4.80. The Kier molecular flexibility index (Phi) is 12.8. The van der Waals surface area contributed by atoms with Crippen LogP contribution in [0.3, 0.4) is 0 Å². The number of methoxy groups -OCH3 is 2. The summed E-state index contributed by atoms with van der Waals surface area (Å²) in [5.74, 6) is -0.0998. The van der Waals surface area contributed by atoms with Crippen molar-refractivity contribution in [3.8, 4) is 5.75 Å². The average molecular weight is 613 g/mol. The summed E-state index contributed by atoms with van der Waals surface area (Å²) >= 11 is 0. The molecule has 1 atom stereocenters. The quantitative estimate of drug-likeness (QED) is 0.0436. The van der Waals surface area contributed by atoms with E-state index in [-0.39, 0.29) is 12.2 Å². The molecule has 0 spiro atoms. The topological polar surface area (TPSA) is 87.9 Å². The molecule has 3 aromatic carbocycles. The molecule has 0 aliphatic rings. The first kappa shape index (κ1) is 33.7. The van der Waals surface area contributed by atoms with Crippen molar-refractivity contribution in [2.24, 2.45) is 10.3 Å². The van der Waals surface area contributed by atoms with Gasteiger partial charge in [-0.15, -0.1) is 0 Å². The van der Waals surface area contributed by atoms with Gasteiger partial charge in [0.25, 0.3) is 0 Å². The highest BCUT2D eigenvalue weighted by atomic mass is 19.4. The summed E-state index contributed by atoms with van der Waals surface area (Å²) in [6.07, 6.45) is -0.519. The minimum Gasteiger partial charge on any atom is -0.503 e. The number of alkyl halides is 3. The van der Waals surface area contributed by atoms with Crippen LogP contribution in [-0.2, 0) is 36.7 Å². The minimum atomic E-state index is -4.42. The lowest BCUT2D eigenvalue weighted by atomic mass is 9.97. The van der Waals surface area contributed by atoms with E-state index < -0.39 is 23.8 Å². The molecular formula is C33H35F3N2O6. The van der Waals surface area contributed by atoms with Crippen LogP contribution in [0.2, 0.25) is 0 Å². The zero-order valence-corrected chi connectivity index (χ0v) is 25.0. The van der Waals surface area contributed by atoms with Crippen LogP contribution in [0.25, 0.3) is 5.57 Å². The van der Waals surface area contributed by atoms with Crippen LogP contribution in [0, 0.1) is 0 Å². The molecule has 0 saturated carbocycles. The monoisotopic (exact) mass is 612 g/mol. The Balaban J connectivity index is 1.75. The fourth-order valence-corrected chi connectivity index (χ4v) is 3.98. The average Bonchev–Trinajstić information content (AvgIpc) is 3.03. The van der Waals surface area contributed by atoms with E-state index in [0.717, 1.165) is 25.0 Å². The molecule has 0 bridgehead atoms. The van der Waals surface area contributed by atoms with Crippen LogP contribution in [-0.4, -0.2) is 38.7 Å². The predicted octanol–water partition coefficient (Wildman–Crippen LogP) is 7.73. The van der Waals surface area contributed by atoms with Crippen molar-refractivity contribution < 1.29 is 41.9 Å². The Morgan fingerprint density at radius 1 is 1.00 bits per heavy atom. The number of oxime groups is 2. The molecule has 0 amide bonds. The Labute approximate surface area is 254 Å². The van der Waals surface area contributed by atoms with E-state index in [9.17, 15) is 18.0 Å². The number of rotatable bonds is 15. The summed E-state index contributed by atoms with van der Waals surface area (Å²) in [7, 11) is 2.73. The molecule has 0 heterocycles. The number of ether oxygens (including phenoxy) is 3. The van der Waals surface area contributed by atoms with Crippen LogP contribution >= 0.6 is 0 Å². The van der Waals surface area contributed by atoms with E-state index in [0.29, 0.717) is 40.3 Å². The van der Waals surface area contributed by atoms with Crippen LogP contribution in [0.15, 0.2) is 89.4 Å². The van der Waals surface area contributed by atoms with Crippen molar-refractivity contribution in [3.05, 3.63) is 107 Å². The first-order valence-corrected chi connectivity index (χ1v) is 13.9. The van der Waals surface area contributed by atoms with Crippen molar-refractivity contribution >= 4 is 23.5 Å². The number of halogens is 3. The fourth-order valence-electron chi connectivity index (χ4n) is 3.98. The van der Waals surface area contributed by atoms with Crippen LogP contribution in [0.5, 0.6) is 5.75 Å². The lowest BCUT2D eigenvalue weighted by molar-refractivity contribution is -0.137. The summed E-state index contributed by atoms with van der Waals surface area (Å²) in [5, 5.41) is 8.35. The molecule has 0 N–H and O–H groups in total. The van der Waals surface area contributed by atoms with Gasteiger partial charge in [-0.25, -0.2) is 4.79 Å². The summed E-state index contributed by atoms with van der Waals surface area (Å²) in [6, 6.07) is 19.0. The molecular weight excluding hydrogens is 577 g/mol. The first-order valence-electron chi connectivity index (χ1n) is 13.9. The zero-order chi connectivity index (χ0) is 32.0. The van der Waals surface area contributed by atoms with Gasteiger partial charge in [0.2, 0.25) is 0 Å². The van der Waals surface area contributed by atoms with Gasteiger partial charge in [0.05, 0.1) is 32.3 Å². The Morgan fingerprint density at radius 2 is 1.75 bits per heavy atom. The molecule has 11 heteroatoms. The van der Waals surface area contributed by atoms with E-state index in [1.165, 1.54) is 32.8 Å². The van der Waals surface area contributed by atoms with Crippen LogP contribution < -0.4 is 4.74 Å². The second-order valence-electron chi connectivity index (χ2n) is 9.50. The molecule has 0 saturated heterocycles. The van der Waals surface area contributed by atoms with Crippen LogP contribution in [0.4, 0.5) is 13.2 Å². The SMILES string of the molecule is CCCCON=C(C=NOC(C)c1ccccc1C(=COC)C(=O)OC)c1ccc(OCc2cccc(C(F)(F)F)c2)cc1. The minimum absolute atomic E-state index is 0.0315. The standard InChI is InChI=1S/C33H35F3N2O6/c1-5-6-18-43-38-31(20-37-44-23(2)28-12-7-8-13-29(28)30(22-40-3)32(39)41-4)25-14-16-27(17-15-25)42-21-24-10-9-11-26(19-24)33(34,35)36/h7-17,19-20,22-23H,5-6,18,21H2,1-4H3. The number of carbonyl (C=O) groups excluding carboxylic acids is 1. The van der Waals surface area contributed by atoms with E-state index >= 15 is 0 Å². The number of esters is 1. The predicted molar refractivity (Wildman–Crippen MR) is 161 cm³/mol. The Bertz CT molecular complexity index is 1450. The molecule has 0 aliphatic carbocycles. The molecule has 44 heavy (non-hydrogen) atoms. The number of nitrogens with zero attached hydrogens (tertiary/aromatic N) is 2. The van der Waals surface area contributed by atoms with Gasteiger partial charge in [-0.3, -0.25) is 0 Å². The summed E-state index contributed by atoms with van der Waals surface area (Å²) < 4.78 is 54.7. The zero-order valence-electron chi connectivity index (χ0n) is 25.0. The number of unbranched alkanes of at least 4 members (excludes halogenated alkanes) is 1. The van der Waals surface area contributed by atoms with E-state index in [2.05, 4.69) is 10.3 Å². The van der Waals surface area contributed by atoms with Gasteiger partial charge in [-0.1, -0.05) is 60.1 Å². The summed E-state index contributed by atoms with van der Waals surface area (Å²) in [4.78, 5) is 23.6. The van der Waals surface area contributed by atoms with Gasteiger partial charge < -0.3 is 23.9 Å². The number of benzene rings is 3. The third-order valence-corrected chi connectivity index (χ3v) is 6.29. The Morgan fingerprint density at radius 3 is 2.43 bits per heavy atom. The smallest absolute Gasteiger partial charge is 0.416 e. The van der Waals surface area contributed by atoms with E-state index in [1.807, 2.05) is 19.1 Å². The van der Waals surface area contributed by atoms with Gasteiger partial charge >= 0.3 is 12.1 Å². The van der Waals surface area contributed by atoms with Gasteiger partial charge in [0.1, 0.15) is 36.4 Å². The van der Waals surface area contributed by atoms with E-state index in [4.69, 9.17) is 23.9 Å².